The Morgan fingerprint density at radius 3 is 2.43 bits per heavy atom. The van der Waals surface area contributed by atoms with Crippen LogP contribution in [0.25, 0.3) is 0 Å². The highest BCUT2D eigenvalue weighted by Crippen LogP contribution is 2.42. The predicted octanol–water partition coefficient (Wildman–Crippen LogP) is 3.23. The molecular formula is C19H30N2O2. The van der Waals surface area contributed by atoms with Crippen LogP contribution < -0.4 is 14.8 Å². The highest BCUT2D eigenvalue weighted by atomic mass is 16.5. The van der Waals surface area contributed by atoms with Crippen molar-refractivity contribution in [3.05, 3.63) is 23.8 Å². The van der Waals surface area contributed by atoms with Gasteiger partial charge in [0.1, 0.15) is 11.5 Å². The molecule has 1 atom stereocenters. The van der Waals surface area contributed by atoms with E-state index in [2.05, 4.69) is 22.3 Å². The number of rotatable bonds is 5. The molecule has 4 nitrogen and oxygen atoms in total. The molecule has 0 amide bonds. The highest BCUT2D eigenvalue weighted by molar-refractivity contribution is 5.42. The molecule has 1 saturated carbocycles. The molecule has 1 aromatic rings. The second-order valence-corrected chi connectivity index (χ2v) is 6.74. The number of ether oxygens (including phenoxy) is 2. The van der Waals surface area contributed by atoms with Gasteiger partial charge in [-0.25, -0.2) is 0 Å². The Hall–Kier alpha value is -1.26. The van der Waals surface area contributed by atoms with Crippen molar-refractivity contribution in [2.24, 2.45) is 5.92 Å². The van der Waals surface area contributed by atoms with Crippen molar-refractivity contribution in [1.82, 2.24) is 10.2 Å². The number of benzene rings is 1. The Morgan fingerprint density at radius 1 is 1.04 bits per heavy atom. The molecule has 0 aromatic heterocycles. The molecule has 0 radical (unpaired) electrons. The normalized spacial score (nSPS) is 21.8. The molecule has 23 heavy (non-hydrogen) atoms. The molecule has 4 heteroatoms. The van der Waals surface area contributed by atoms with Crippen LogP contribution in [0.1, 0.15) is 43.7 Å². The van der Waals surface area contributed by atoms with Crippen LogP contribution in [0.2, 0.25) is 0 Å². The minimum Gasteiger partial charge on any atom is -0.497 e. The summed E-state index contributed by atoms with van der Waals surface area (Å²) >= 11 is 0. The largest absolute Gasteiger partial charge is 0.497 e. The first-order valence-corrected chi connectivity index (χ1v) is 9.00. The smallest absolute Gasteiger partial charge is 0.123 e. The number of piperazine rings is 1. The van der Waals surface area contributed by atoms with Gasteiger partial charge >= 0.3 is 0 Å². The summed E-state index contributed by atoms with van der Waals surface area (Å²) in [5.41, 5.74) is 1.31. The van der Waals surface area contributed by atoms with Crippen LogP contribution in [0.5, 0.6) is 11.5 Å². The fraction of sp³-hybridized carbons (Fsp3) is 0.684. The summed E-state index contributed by atoms with van der Waals surface area (Å²) in [6.45, 7) is 4.38. The number of methoxy groups -OCH3 is 2. The molecule has 1 heterocycles. The van der Waals surface area contributed by atoms with Gasteiger partial charge in [-0.1, -0.05) is 19.3 Å². The molecule has 0 unspecified atom stereocenters. The minimum absolute atomic E-state index is 0.447. The molecule has 2 fully saturated rings. The van der Waals surface area contributed by atoms with Gasteiger partial charge in [-0.15, -0.1) is 0 Å². The second-order valence-electron chi connectivity index (χ2n) is 6.74. The first kappa shape index (κ1) is 16.6. The van der Waals surface area contributed by atoms with E-state index in [1.165, 1.54) is 37.7 Å². The number of hydrogen-bond donors (Lipinski definition) is 1. The molecule has 1 aliphatic carbocycles. The number of hydrogen-bond acceptors (Lipinski definition) is 4. The van der Waals surface area contributed by atoms with E-state index in [0.29, 0.717) is 6.04 Å². The zero-order valence-corrected chi connectivity index (χ0v) is 14.5. The number of nitrogens with one attached hydrogen (secondary N) is 1. The fourth-order valence-corrected chi connectivity index (χ4v) is 4.23. The first-order chi connectivity index (χ1) is 11.3. The summed E-state index contributed by atoms with van der Waals surface area (Å²) in [6.07, 6.45) is 6.77. The zero-order valence-electron chi connectivity index (χ0n) is 14.5. The van der Waals surface area contributed by atoms with Crippen molar-refractivity contribution in [3.63, 3.8) is 0 Å². The first-order valence-electron chi connectivity index (χ1n) is 9.00. The van der Waals surface area contributed by atoms with E-state index in [9.17, 15) is 0 Å². The SMILES string of the molecule is COc1ccc(OC)c([C@@H](C2CCCCC2)N2CCNCC2)c1. The van der Waals surface area contributed by atoms with Gasteiger partial charge in [0.2, 0.25) is 0 Å². The molecular weight excluding hydrogens is 288 g/mol. The Balaban J connectivity index is 1.95. The van der Waals surface area contributed by atoms with Gasteiger partial charge in [0, 0.05) is 37.8 Å². The third-order valence-corrected chi connectivity index (χ3v) is 5.40. The predicted molar refractivity (Wildman–Crippen MR) is 93.3 cm³/mol. The van der Waals surface area contributed by atoms with E-state index >= 15 is 0 Å². The minimum atomic E-state index is 0.447. The summed E-state index contributed by atoms with van der Waals surface area (Å²) in [5.74, 6) is 2.65. The molecule has 1 aliphatic heterocycles. The zero-order chi connectivity index (χ0) is 16.1. The van der Waals surface area contributed by atoms with E-state index in [4.69, 9.17) is 9.47 Å². The fourth-order valence-electron chi connectivity index (χ4n) is 4.23. The second kappa shape index (κ2) is 8.02. The lowest BCUT2D eigenvalue weighted by Gasteiger charge is -2.41. The maximum Gasteiger partial charge on any atom is 0.123 e. The third kappa shape index (κ3) is 3.81. The lowest BCUT2D eigenvalue weighted by atomic mass is 9.79. The average molecular weight is 318 g/mol. The topological polar surface area (TPSA) is 33.7 Å². The van der Waals surface area contributed by atoms with Gasteiger partial charge in [-0.3, -0.25) is 4.90 Å². The third-order valence-electron chi connectivity index (χ3n) is 5.40. The number of nitrogens with zero attached hydrogens (tertiary/aromatic N) is 1. The van der Waals surface area contributed by atoms with Crippen molar-refractivity contribution >= 4 is 0 Å². The van der Waals surface area contributed by atoms with Crippen LogP contribution >= 0.6 is 0 Å². The molecule has 128 valence electrons. The van der Waals surface area contributed by atoms with Crippen LogP contribution in [0, 0.1) is 5.92 Å². The van der Waals surface area contributed by atoms with E-state index in [0.717, 1.165) is 43.6 Å². The molecule has 2 aliphatic rings. The van der Waals surface area contributed by atoms with E-state index in [-0.39, 0.29) is 0 Å². The van der Waals surface area contributed by atoms with Gasteiger partial charge in [0.15, 0.2) is 0 Å². The maximum atomic E-state index is 5.71. The van der Waals surface area contributed by atoms with Gasteiger partial charge in [0.05, 0.1) is 14.2 Å². The standard InChI is InChI=1S/C19H30N2O2/c1-22-16-8-9-18(23-2)17(14-16)19(15-6-4-3-5-7-15)21-12-10-20-11-13-21/h8-9,14-15,19-20H,3-7,10-13H2,1-2H3/t19-/m1/s1. The van der Waals surface area contributed by atoms with E-state index in [1.54, 1.807) is 14.2 Å². The average Bonchev–Trinajstić information content (AvgIpc) is 2.63. The van der Waals surface area contributed by atoms with Crippen LogP contribution in [-0.4, -0.2) is 45.3 Å². The summed E-state index contributed by atoms with van der Waals surface area (Å²) in [7, 11) is 3.52. The van der Waals surface area contributed by atoms with E-state index < -0.39 is 0 Å². The quantitative estimate of drug-likeness (QED) is 0.904. The van der Waals surface area contributed by atoms with Crippen LogP contribution in [0.4, 0.5) is 0 Å². The lowest BCUT2D eigenvalue weighted by Crippen LogP contribution is -2.47. The Kier molecular flexibility index (Phi) is 5.79. The van der Waals surface area contributed by atoms with Gasteiger partial charge < -0.3 is 14.8 Å². The molecule has 0 bridgehead atoms. The monoisotopic (exact) mass is 318 g/mol. The van der Waals surface area contributed by atoms with Gasteiger partial charge in [-0.2, -0.15) is 0 Å². The summed E-state index contributed by atoms with van der Waals surface area (Å²) in [6, 6.07) is 6.70. The Bertz CT molecular complexity index is 476. The summed E-state index contributed by atoms with van der Waals surface area (Å²) in [4.78, 5) is 2.66. The lowest BCUT2D eigenvalue weighted by molar-refractivity contribution is 0.101. The molecule has 1 saturated heterocycles. The van der Waals surface area contributed by atoms with E-state index in [1.807, 2.05) is 6.07 Å². The maximum absolute atomic E-state index is 5.71. The van der Waals surface area contributed by atoms with Crippen molar-refractivity contribution in [1.29, 1.82) is 0 Å². The Labute approximate surface area is 140 Å². The van der Waals surface area contributed by atoms with Crippen molar-refractivity contribution in [2.45, 2.75) is 38.1 Å². The van der Waals surface area contributed by atoms with Crippen LogP contribution in [-0.2, 0) is 0 Å². The van der Waals surface area contributed by atoms with Gasteiger partial charge in [-0.05, 0) is 37.0 Å². The van der Waals surface area contributed by atoms with Crippen molar-refractivity contribution < 1.29 is 9.47 Å². The van der Waals surface area contributed by atoms with Crippen molar-refractivity contribution in [2.75, 3.05) is 40.4 Å². The highest BCUT2D eigenvalue weighted by Gasteiger charge is 2.33. The van der Waals surface area contributed by atoms with Crippen LogP contribution in [0.15, 0.2) is 18.2 Å². The van der Waals surface area contributed by atoms with Gasteiger partial charge in [0.25, 0.3) is 0 Å². The summed E-state index contributed by atoms with van der Waals surface area (Å²) in [5, 5.41) is 3.48. The molecule has 1 N–H and O–H groups in total. The van der Waals surface area contributed by atoms with Crippen LogP contribution in [0.3, 0.4) is 0 Å². The van der Waals surface area contributed by atoms with Crippen molar-refractivity contribution in [3.8, 4) is 11.5 Å². The molecule has 0 spiro atoms. The Morgan fingerprint density at radius 2 is 1.78 bits per heavy atom. The molecule has 1 aromatic carbocycles. The summed E-state index contributed by atoms with van der Waals surface area (Å²) < 4.78 is 11.2. The molecule has 3 rings (SSSR count).